The van der Waals surface area contributed by atoms with Crippen LogP contribution in [0, 0.1) is 0 Å². The van der Waals surface area contributed by atoms with E-state index in [1.165, 1.54) is 13.2 Å². The molecule has 0 N–H and O–H groups in total. The van der Waals surface area contributed by atoms with Gasteiger partial charge in [-0.25, -0.2) is 4.79 Å². The molecule has 18 heavy (non-hydrogen) atoms. The fourth-order valence-corrected chi connectivity index (χ4v) is 1.48. The molecule has 0 amide bonds. The largest absolute Gasteiger partial charge is 0.463 e. The Balaban J connectivity index is 2.36. The second-order valence-electron chi connectivity index (χ2n) is 3.40. The Morgan fingerprint density at radius 1 is 1.39 bits per heavy atom. The van der Waals surface area contributed by atoms with Gasteiger partial charge in [0.25, 0.3) is 0 Å². The van der Waals surface area contributed by atoms with Crippen LogP contribution in [0.2, 0.25) is 0 Å². The molecule has 0 aliphatic carbocycles. The summed E-state index contributed by atoms with van der Waals surface area (Å²) in [5.41, 5.74) is 9.56. The minimum absolute atomic E-state index is 0.127. The molecule has 0 bridgehead atoms. The van der Waals surface area contributed by atoms with Crippen LogP contribution in [0.5, 0.6) is 0 Å². The predicted octanol–water partition coefficient (Wildman–Crippen LogP) is 3.68. The molecule has 2 aromatic rings. The second-order valence-corrected chi connectivity index (χ2v) is 3.40. The highest BCUT2D eigenvalue weighted by molar-refractivity contribution is 5.87. The van der Waals surface area contributed by atoms with Crippen molar-refractivity contribution >= 4 is 11.7 Å². The third-order valence-electron chi connectivity index (χ3n) is 2.28. The van der Waals surface area contributed by atoms with E-state index in [4.69, 9.17) is 9.95 Å². The smallest absolute Gasteiger partial charge is 0.373 e. The maximum atomic E-state index is 11.2. The number of esters is 1. The Morgan fingerprint density at radius 3 is 2.94 bits per heavy atom. The zero-order chi connectivity index (χ0) is 13.0. The molecule has 0 aliphatic heterocycles. The molecule has 0 fully saturated rings. The zero-order valence-corrected chi connectivity index (χ0v) is 9.53. The van der Waals surface area contributed by atoms with Gasteiger partial charge in [0.15, 0.2) is 0 Å². The normalized spacial score (nSPS) is 9.61. The van der Waals surface area contributed by atoms with Crippen LogP contribution in [0.15, 0.2) is 45.9 Å². The number of nitrogens with zero attached hydrogens (tertiary/aromatic N) is 3. The van der Waals surface area contributed by atoms with E-state index >= 15 is 0 Å². The van der Waals surface area contributed by atoms with E-state index in [1.807, 2.05) is 0 Å². The van der Waals surface area contributed by atoms with Gasteiger partial charge in [0.1, 0.15) is 5.76 Å². The first-order valence-corrected chi connectivity index (χ1v) is 5.08. The molecule has 2 rings (SSSR count). The van der Waals surface area contributed by atoms with E-state index in [9.17, 15) is 4.79 Å². The van der Waals surface area contributed by atoms with Crippen LogP contribution in [0.1, 0.15) is 10.6 Å². The first-order chi connectivity index (χ1) is 8.74. The van der Waals surface area contributed by atoms with Gasteiger partial charge in [0.05, 0.1) is 7.11 Å². The summed E-state index contributed by atoms with van der Waals surface area (Å²) in [4.78, 5) is 14.0. The first kappa shape index (κ1) is 11.8. The number of furan rings is 1. The predicted molar refractivity (Wildman–Crippen MR) is 64.3 cm³/mol. The highest BCUT2D eigenvalue weighted by Gasteiger charge is 2.12. The SMILES string of the molecule is COC(=O)c1ccc(-c2cccc(N=[N+]=[N-])c2)o1. The molecular formula is C12H9N3O3. The average Bonchev–Trinajstić information content (AvgIpc) is 2.88. The number of carbonyl (C=O) groups excluding carboxylic acids is 1. The molecule has 0 unspecified atom stereocenters. The molecular weight excluding hydrogens is 234 g/mol. The van der Waals surface area contributed by atoms with Crippen LogP contribution >= 0.6 is 0 Å². The summed E-state index contributed by atoms with van der Waals surface area (Å²) in [6, 6.07) is 10.0. The first-order valence-electron chi connectivity index (χ1n) is 5.08. The molecule has 0 radical (unpaired) electrons. The molecule has 0 saturated carbocycles. The van der Waals surface area contributed by atoms with Crippen molar-refractivity contribution in [2.75, 3.05) is 7.11 Å². The van der Waals surface area contributed by atoms with E-state index < -0.39 is 5.97 Å². The number of hydrogen-bond acceptors (Lipinski definition) is 4. The molecule has 6 nitrogen and oxygen atoms in total. The molecule has 1 heterocycles. The minimum atomic E-state index is -0.535. The van der Waals surface area contributed by atoms with Gasteiger partial charge in [-0.1, -0.05) is 23.3 Å². The lowest BCUT2D eigenvalue weighted by Crippen LogP contribution is -1.98. The average molecular weight is 243 g/mol. The molecule has 1 aromatic carbocycles. The van der Waals surface area contributed by atoms with E-state index in [-0.39, 0.29) is 5.76 Å². The van der Waals surface area contributed by atoms with Crippen LogP contribution in [-0.2, 0) is 4.74 Å². The Bertz CT molecular complexity index is 627. The highest BCUT2D eigenvalue weighted by Crippen LogP contribution is 2.26. The number of ether oxygens (including phenoxy) is 1. The van der Waals surface area contributed by atoms with Crippen LogP contribution in [0.3, 0.4) is 0 Å². The maximum absolute atomic E-state index is 11.2. The fraction of sp³-hybridized carbons (Fsp3) is 0.0833. The summed E-state index contributed by atoms with van der Waals surface area (Å²) in [6.45, 7) is 0. The number of methoxy groups -OCH3 is 1. The molecule has 0 spiro atoms. The van der Waals surface area contributed by atoms with Crippen molar-refractivity contribution in [2.45, 2.75) is 0 Å². The van der Waals surface area contributed by atoms with Gasteiger partial charge < -0.3 is 9.15 Å². The number of carbonyl (C=O) groups is 1. The van der Waals surface area contributed by atoms with E-state index in [1.54, 1.807) is 30.3 Å². The molecule has 6 heteroatoms. The van der Waals surface area contributed by atoms with Crippen molar-refractivity contribution in [3.8, 4) is 11.3 Å². The molecule has 90 valence electrons. The fourth-order valence-electron chi connectivity index (χ4n) is 1.48. The second kappa shape index (κ2) is 5.07. The number of azide groups is 1. The Kier molecular flexibility index (Phi) is 3.31. The number of benzene rings is 1. The molecule has 0 saturated heterocycles. The summed E-state index contributed by atoms with van der Waals surface area (Å²) in [5.74, 6) is 0.0968. The van der Waals surface area contributed by atoms with E-state index in [0.29, 0.717) is 11.4 Å². The molecule has 1 aromatic heterocycles. The van der Waals surface area contributed by atoms with Gasteiger partial charge >= 0.3 is 5.97 Å². The number of hydrogen-bond donors (Lipinski definition) is 0. The van der Waals surface area contributed by atoms with E-state index in [0.717, 1.165) is 5.56 Å². The number of rotatable bonds is 3. The molecule has 0 aliphatic rings. The lowest BCUT2D eigenvalue weighted by molar-refractivity contribution is 0.0566. The highest BCUT2D eigenvalue weighted by atomic mass is 16.5. The maximum Gasteiger partial charge on any atom is 0.373 e. The third-order valence-corrected chi connectivity index (χ3v) is 2.28. The lowest BCUT2D eigenvalue weighted by Gasteiger charge is -1.98. The summed E-state index contributed by atoms with van der Waals surface area (Å²) in [5, 5.41) is 3.50. The summed E-state index contributed by atoms with van der Waals surface area (Å²) in [6.07, 6.45) is 0. The van der Waals surface area contributed by atoms with Gasteiger partial charge in [-0.05, 0) is 23.7 Å². The van der Waals surface area contributed by atoms with Gasteiger partial charge in [-0.15, -0.1) is 0 Å². The van der Waals surface area contributed by atoms with Crippen molar-refractivity contribution < 1.29 is 13.9 Å². The monoisotopic (exact) mass is 243 g/mol. The van der Waals surface area contributed by atoms with Crippen molar-refractivity contribution in [1.29, 1.82) is 0 Å². The Morgan fingerprint density at radius 2 is 2.22 bits per heavy atom. The summed E-state index contributed by atoms with van der Waals surface area (Å²) < 4.78 is 9.89. The van der Waals surface area contributed by atoms with Gasteiger partial charge in [-0.2, -0.15) is 0 Å². The summed E-state index contributed by atoms with van der Waals surface area (Å²) >= 11 is 0. The van der Waals surface area contributed by atoms with Gasteiger partial charge in [-0.3, -0.25) is 0 Å². The van der Waals surface area contributed by atoms with Crippen LogP contribution in [0.25, 0.3) is 21.8 Å². The topological polar surface area (TPSA) is 88.2 Å². The van der Waals surface area contributed by atoms with Gasteiger partial charge in [0, 0.05) is 16.2 Å². The van der Waals surface area contributed by atoms with Crippen LogP contribution in [0.4, 0.5) is 5.69 Å². The standard InChI is InChI=1S/C12H9N3O3/c1-17-12(16)11-6-5-10(18-11)8-3-2-4-9(7-8)14-15-13/h2-7H,1H3. The van der Waals surface area contributed by atoms with Gasteiger partial charge in [0.2, 0.25) is 5.76 Å². The molecule has 0 atom stereocenters. The van der Waals surface area contributed by atoms with Crippen molar-refractivity contribution in [3.63, 3.8) is 0 Å². The van der Waals surface area contributed by atoms with Crippen molar-refractivity contribution in [1.82, 2.24) is 0 Å². The Hall–Kier alpha value is -2.72. The van der Waals surface area contributed by atoms with Crippen molar-refractivity contribution in [2.24, 2.45) is 5.11 Å². The third kappa shape index (κ3) is 2.34. The van der Waals surface area contributed by atoms with Crippen LogP contribution < -0.4 is 0 Å². The summed E-state index contributed by atoms with van der Waals surface area (Å²) in [7, 11) is 1.28. The Labute approximate surface area is 102 Å². The zero-order valence-electron chi connectivity index (χ0n) is 9.53. The quantitative estimate of drug-likeness (QED) is 0.356. The van der Waals surface area contributed by atoms with E-state index in [2.05, 4.69) is 14.8 Å². The lowest BCUT2D eigenvalue weighted by atomic mass is 10.1. The van der Waals surface area contributed by atoms with Crippen molar-refractivity contribution in [3.05, 3.63) is 52.6 Å². The van der Waals surface area contributed by atoms with Crippen LogP contribution in [-0.4, -0.2) is 13.1 Å². The minimum Gasteiger partial charge on any atom is -0.463 e.